The SMILES string of the molecule is Cn1nc(-c2ccc(F)cc2)nc1S(C)(=O)=O. The lowest BCUT2D eigenvalue weighted by Gasteiger charge is -1.93. The van der Waals surface area contributed by atoms with E-state index in [0.29, 0.717) is 5.56 Å². The monoisotopic (exact) mass is 255 g/mol. The molecule has 7 heteroatoms. The molecule has 1 aromatic carbocycles. The normalized spacial score (nSPS) is 11.7. The van der Waals surface area contributed by atoms with Crippen LogP contribution in [0, 0.1) is 5.82 Å². The van der Waals surface area contributed by atoms with Gasteiger partial charge in [-0.15, -0.1) is 0 Å². The van der Waals surface area contributed by atoms with Gasteiger partial charge in [0.25, 0.3) is 0 Å². The molecular formula is C10H10FN3O2S. The van der Waals surface area contributed by atoms with Crippen molar-refractivity contribution in [3.63, 3.8) is 0 Å². The fourth-order valence-electron chi connectivity index (χ4n) is 1.41. The number of nitrogens with zero attached hydrogens (tertiary/aromatic N) is 3. The standard InChI is InChI=1S/C10H10FN3O2S/c1-14-10(17(2,15)16)12-9(13-14)7-3-5-8(11)6-4-7/h3-6H,1-2H3. The summed E-state index contributed by atoms with van der Waals surface area (Å²) in [5.41, 5.74) is 0.567. The smallest absolute Gasteiger partial charge is 0.239 e. The maximum atomic E-state index is 12.7. The number of hydrogen-bond acceptors (Lipinski definition) is 4. The molecule has 0 N–H and O–H groups in total. The van der Waals surface area contributed by atoms with Crippen molar-refractivity contribution in [2.75, 3.05) is 6.26 Å². The highest BCUT2D eigenvalue weighted by Gasteiger charge is 2.17. The summed E-state index contributed by atoms with van der Waals surface area (Å²) >= 11 is 0. The van der Waals surface area contributed by atoms with E-state index in [1.54, 1.807) is 0 Å². The highest BCUT2D eigenvalue weighted by Crippen LogP contribution is 2.17. The fourth-order valence-corrected chi connectivity index (χ4v) is 2.19. The van der Waals surface area contributed by atoms with E-state index in [1.807, 2.05) is 0 Å². The number of sulfone groups is 1. The van der Waals surface area contributed by atoms with Crippen molar-refractivity contribution in [2.24, 2.45) is 7.05 Å². The van der Waals surface area contributed by atoms with E-state index >= 15 is 0 Å². The summed E-state index contributed by atoms with van der Waals surface area (Å²) in [7, 11) is -1.92. The molecule has 17 heavy (non-hydrogen) atoms. The molecule has 0 spiro atoms. The minimum Gasteiger partial charge on any atom is -0.239 e. The van der Waals surface area contributed by atoms with E-state index in [4.69, 9.17) is 0 Å². The first-order chi connectivity index (χ1) is 7.88. The molecule has 0 fully saturated rings. The molecule has 0 saturated carbocycles. The van der Waals surface area contributed by atoms with E-state index in [9.17, 15) is 12.8 Å². The summed E-state index contributed by atoms with van der Waals surface area (Å²) in [6, 6.07) is 5.53. The van der Waals surface area contributed by atoms with Gasteiger partial charge < -0.3 is 0 Å². The Kier molecular flexibility index (Phi) is 2.70. The molecule has 2 rings (SSSR count). The van der Waals surface area contributed by atoms with Crippen molar-refractivity contribution in [1.82, 2.24) is 14.8 Å². The van der Waals surface area contributed by atoms with E-state index in [-0.39, 0.29) is 16.8 Å². The third-order valence-electron chi connectivity index (χ3n) is 2.16. The average molecular weight is 255 g/mol. The number of hydrogen-bond donors (Lipinski definition) is 0. The summed E-state index contributed by atoms with van der Waals surface area (Å²) < 4.78 is 36.7. The summed E-state index contributed by atoms with van der Waals surface area (Å²) in [5, 5.41) is 3.87. The Morgan fingerprint density at radius 3 is 2.29 bits per heavy atom. The summed E-state index contributed by atoms with van der Waals surface area (Å²) in [6.45, 7) is 0. The maximum absolute atomic E-state index is 12.7. The summed E-state index contributed by atoms with van der Waals surface area (Å²) in [6.07, 6.45) is 1.06. The van der Waals surface area contributed by atoms with Crippen LogP contribution in [0.25, 0.3) is 11.4 Å². The highest BCUT2D eigenvalue weighted by molar-refractivity contribution is 7.90. The molecule has 0 bridgehead atoms. The van der Waals surface area contributed by atoms with Gasteiger partial charge in [0.05, 0.1) is 0 Å². The van der Waals surface area contributed by atoms with Gasteiger partial charge in [-0.05, 0) is 24.3 Å². The third-order valence-corrected chi connectivity index (χ3v) is 3.18. The largest absolute Gasteiger partial charge is 0.245 e. The van der Waals surface area contributed by atoms with Gasteiger partial charge in [-0.25, -0.2) is 17.5 Å². The van der Waals surface area contributed by atoms with Gasteiger partial charge in [-0.3, -0.25) is 0 Å². The molecule has 0 amide bonds. The molecule has 1 aromatic heterocycles. The van der Waals surface area contributed by atoms with E-state index in [1.165, 1.54) is 36.0 Å². The van der Waals surface area contributed by atoms with Crippen molar-refractivity contribution >= 4 is 9.84 Å². The summed E-state index contributed by atoms with van der Waals surface area (Å²) in [4.78, 5) is 3.92. The Morgan fingerprint density at radius 2 is 1.82 bits per heavy atom. The van der Waals surface area contributed by atoms with E-state index in [0.717, 1.165) is 6.26 Å². The molecule has 0 saturated heterocycles. The first kappa shape index (κ1) is 11.7. The molecule has 2 aromatic rings. The van der Waals surface area contributed by atoms with Crippen molar-refractivity contribution in [1.29, 1.82) is 0 Å². The van der Waals surface area contributed by atoms with Crippen molar-refractivity contribution in [3.05, 3.63) is 30.1 Å². The third kappa shape index (κ3) is 2.33. The lowest BCUT2D eigenvalue weighted by Crippen LogP contribution is -2.06. The predicted molar refractivity (Wildman–Crippen MR) is 59.5 cm³/mol. The lowest BCUT2D eigenvalue weighted by atomic mass is 10.2. The lowest BCUT2D eigenvalue weighted by molar-refractivity contribution is 0.575. The van der Waals surface area contributed by atoms with Crippen molar-refractivity contribution < 1.29 is 12.8 Å². The van der Waals surface area contributed by atoms with E-state index in [2.05, 4.69) is 10.1 Å². The van der Waals surface area contributed by atoms with Crippen LogP contribution >= 0.6 is 0 Å². The van der Waals surface area contributed by atoms with Crippen LogP contribution in [0.15, 0.2) is 29.4 Å². The van der Waals surface area contributed by atoms with Gasteiger partial charge in [-0.2, -0.15) is 10.1 Å². The van der Waals surface area contributed by atoms with Crippen molar-refractivity contribution in [2.45, 2.75) is 5.16 Å². The molecule has 0 atom stereocenters. The van der Waals surface area contributed by atoms with Gasteiger partial charge >= 0.3 is 0 Å². The van der Waals surface area contributed by atoms with Gasteiger partial charge in [0, 0.05) is 18.9 Å². The van der Waals surface area contributed by atoms with Gasteiger partial charge in [0.2, 0.25) is 15.0 Å². The molecule has 0 radical (unpaired) electrons. The predicted octanol–water partition coefficient (Wildman–Crippen LogP) is 1.02. The van der Waals surface area contributed by atoms with Crippen LogP contribution in [0.4, 0.5) is 4.39 Å². The average Bonchev–Trinajstić information content (AvgIpc) is 2.61. The highest BCUT2D eigenvalue weighted by atomic mass is 32.2. The fraction of sp³-hybridized carbons (Fsp3) is 0.200. The second kappa shape index (κ2) is 3.92. The number of rotatable bonds is 2. The number of aromatic nitrogens is 3. The van der Waals surface area contributed by atoms with Crippen molar-refractivity contribution in [3.8, 4) is 11.4 Å². The quantitative estimate of drug-likeness (QED) is 0.803. The number of aryl methyl sites for hydroxylation is 1. The Balaban J connectivity index is 2.52. The van der Waals surface area contributed by atoms with Crippen LogP contribution in [-0.4, -0.2) is 29.4 Å². The second-order valence-electron chi connectivity index (χ2n) is 3.62. The molecule has 0 aliphatic rings. The van der Waals surface area contributed by atoms with Gasteiger partial charge in [0.1, 0.15) is 5.82 Å². The zero-order valence-corrected chi connectivity index (χ0v) is 10.1. The van der Waals surface area contributed by atoms with Gasteiger partial charge in [-0.1, -0.05) is 0 Å². The number of halogens is 1. The molecule has 90 valence electrons. The topological polar surface area (TPSA) is 64.8 Å². The first-order valence-electron chi connectivity index (χ1n) is 4.75. The van der Waals surface area contributed by atoms with Gasteiger partial charge in [0.15, 0.2) is 5.82 Å². The number of benzene rings is 1. The Bertz CT molecular complexity index is 647. The molecular weight excluding hydrogens is 245 g/mol. The summed E-state index contributed by atoms with van der Waals surface area (Å²) in [5.74, 6) is -0.110. The van der Waals surface area contributed by atoms with Crippen LogP contribution < -0.4 is 0 Å². The second-order valence-corrected chi connectivity index (χ2v) is 5.53. The zero-order valence-electron chi connectivity index (χ0n) is 9.25. The molecule has 5 nitrogen and oxygen atoms in total. The van der Waals surface area contributed by atoms with Crippen LogP contribution in [-0.2, 0) is 16.9 Å². The minimum atomic E-state index is -3.41. The minimum absolute atomic E-state index is 0.114. The molecule has 0 aliphatic carbocycles. The Labute approximate surface area is 97.8 Å². The molecule has 1 heterocycles. The van der Waals surface area contributed by atoms with Crippen LogP contribution in [0.5, 0.6) is 0 Å². The van der Waals surface area contributed by atoms with E-state index < -0.39 is 9.84 Å². The Hall–Kier alpha value is -1.76. The van der Waals surface area contributed by atoms with Crippen LogP contribution in [0.2, 0.25) is 0 Å². The van der Waals surface area contributed by atoms with Crippen LogP contribution in [0.3, 0.4) is 0 Å². The Morgan fingerprint density at radius 1 is 1.24 bits per heavy atom. The molecule has 0 aliphatic heterocycles. The maximum Gasteiger partial charge on any atom is 0.245 e. The van der Waals surface area contributed by atoms with Crippen LogP contribution in [0.1, 0.15) is 0 Å². The first-order valence-corrected chi connectivity index (χ1v) is 6.64. The zero-order chi connectivity index (χ0) is 12.6. The molecule has 0 unspecified atom stereocenters.